The molecule has 3 aromatic heterocycles. The van der Waals surface area contributed by atoms with Gasteiger partial charge in [-0.05, 0) is 172 Å². The van der Waals surface area contributed by atoms with Gasteiger partial charge in [0.15, 0.2) is 25.3 Å². The number of aldehydes is 1. The first-order valence-corrected chi connectivity index (χ1v) is 28.7. The summed E-state index contributed by atoms with van der Waals surface area (Å²) in [4.78, 5) is 37.1. The minimum atomic E-state index is -4.36. The van der Waals surface area contributed by atoms with Crippen molar-refractivity contribution in [1.82, 2.24) is 9.80 Å². The number of hydrogen-bond donors (Lipinski definition) is 1. The van der Waals surface area contributed by atoms with Gasteiger partial charge in [0, 0.05) is 49.5 Å². The van der Waals surface area contributed by atoms with E-state index in [2.05, 4.69) is 16.7 Å². The SMILES string of the molecule is CC1CCCO1.CCOC(=O)COc1ccc2c(c1)CCN(Cc1ccc(-c3ccc(C(F)(F)F)cc3)o1)CC2.I.O=C(O)COc1ccc2c(c1)CCN(Cc1ccc(-c3ccc(C(F)(F)F)cc3)o1)CC2.O=Cc1ccc(-c2ccc(C(F)(F)F)cc2)o1.[Na+].[OH-]. The molecule has 25 heteroatoms. The molecule has 1 atom stereocenters. The molecule has 5 aromatic carbocycles. The number of nitrogens with zero attached hydrogens (tertiary/aromatic N) is 2. The van der Waals surface area contributed by atoms with E-state index in [1.54, 1.807) is 25.1 Å². The molecule has 92 heavy (non-hydrogen) atoms. The van der Waals surface area contributed by atoms with E-state index in [4.69, 9.17) is 37.3 Å². The number of carbonyl (C=O) groups is 3. The van der Waals surface area contributed by atoms with Gasteiger partial charge in [-0.25, -0.2) is 9.59 Å². The summed E-state index contributed by atoms with van der Waals surface area (Å²) in [6, 6.07) is 36.3. The van der Waals surface area contributed by atoms with Gasteiger partial charge < -0.3 is 42.8 Å². The summed E-state index contributed by atoms with van der Waals surface area (Å²) in [6.45, 7) is 9.21. The fourth-order valence-corrected chi connectivity index (χ4v) is 9.94. The summed E-state index contributed by atoms with van der Waals surface area (Å²) < 4.78 is 151. The van der Waals surface area contributed by atoms with Crippen molar-refractivity contribution in [3.63, 3.8) is 0 Å². The zero-order valence-electron chi connectivity index (χ0n) is 50.5. The zero-order chi connectivity index (χ0) is 63.7. The first-order chi connectivity index (χ1) is 42.5. The molecule has 11 rings (SSSR count). The molecular formula is C67H67F9IN2NaO12. The Hall–Kier alpha value is -6.91. The number of rotatable bonds is 15. The molecule has 1 fully saturated rings. The first-order valence-electron chi connectivity index (χ1n) is 28.7. The van der Waals surface area contributed by atoms with Crippen molar-refractivity contribution in [3.05, 3.63) is 202 Å². The van der Waals surface area contributed by atoms with E-state index in [1.165, 1.54) is 78.1 Å². The number of halogens is 10. The number of alkyl halides is 9. The number of carboxylic acid groups (broad SMARTS) is 1. The largest absolute Gasteiger partial charge is 1.00 e. The molecule has 0 amide bonds. The van der Waals surface area contributed by atoms with Gasteiger partial charge in [0.05, 0.1) is 42.5 Å². The number of esters is 1. The average Bonchev–Trinajstić information content (AvgIpc) is 2.06. The van der Waals surface area contributed by atoms with Crippen molar-refractivity contribution in [3.8, 4) is 45.5 Å². The number of hydrogen-bond acceptors (Lipinski definition) is 13. The molecule has 0 radical (unpaired) electrons. The van der Waals surface area contributed by atoms with Crippen molar-refractivity contribution in [2.75, 3.05) is 52.6 Å². The van der Waals surface area contributed by atoms with Crippen LogP contribution in [-0.2, 0) is 76.4 Å². The Bertz CT molecular complexity index is 3580. The Balaban J connectivity index is 0.000000245. The normalized spacial score (nSPS) is 14.8. The Morgan fingerprint density at radius 2 is 0.946 bits per heavy atom. The molecule has 488 valence electrons. The maximum absolute atomic E-state index is 12.8. The molecule has 0 saturated carbocycles. The second-order valence-electron chi connectivity index (χ2n) is 21.1. The van der Waals surface area contributed by atoms with Crippen molar-refractivity contribution < 1.29 is 126 Å². The van der Waals surface area contributed by atoms with Crippen LogP contribution >= 0.6 is 24.0 Å². The van der Waals surface area contributed by atoms with Gasteiger partial charge in [0.25, 0.3) is 0 Å². The molecule has 0 bridgehead atoms. The smallest absolute Gasteiger partial charge is 0.870 e. The molecule has 8 aromatic rings. The zero-order valence-corrected chi connectivity index (χ0v) is 54.8. The summed E-state index contributed by atoms with van der Waals surface area (Å²) in [5.74, 6) is 2.88. The Kier molecular flexibility index (Phi) is 29.2. The molecule has 6 heterocycles. The van der Waals surface area contributed by atoms with Crippen LogP contribution < -0.4 is 39.0 Å². The van der Waals surface area contributed by atoms with E-state index < -0.39 is 47.2 Å². The fraction of sp³-hybridized carbons (Fsp3) is 0.328. The number of carbonyl (C=O) groups excluding carboxylic acids is 2. The van der Waals surface area contributed by atoms with Gasteiger partial charge in [-0.15, -0.1) is 24.0 Å². The Morgan fingerprint density at radius 3 is 1.28 bits per heavy atom. The minimum Gasteiger partial charge on any atom is -0.870 e. The van der Waals surface area contributed by atoms with Crippen LogP contribution in [0.2, 0.25) is 0 Å². The predicted molar refractivity (Wildman–Crippen MR) is 328 cm³/mol. The molecule has 1 unspecified atom stereocenters. The first kappa shape index (κ1) is 75.8. The summed E-state index contributed by atoms with van der Waals surface area (Å²) in [5, 5.41) is 8.77. The number of furan rings is 3. The van der Waals surface area contributed by atoms with Crippen LogP contribution in [0.15, 0.2) is 159 Å². The van der Waals surface area contributed by atoms with Gasteiger partial charge in [0.1, 0.15) is 40.3 Å². The number of carboxylic acids is 1. The van der Waals surface area contributed by atoms with Gasteiger partial charge in [-0.2, -0.15) is 39.5 Å². The van der Waals surface area contributed by atoms with Gasteiger partial charge in [-0.3, -0.25) is 14.6 Å². The molecule has 0 spiro atoms. The molecule has 3 aliphatic heterocycles. The van der Waals surface area contributed by atoms with E-state index in [9.17, 15) is 53.9 Å². The van der Waals surface area contributed by atoms with Crippen LogP contribution in [0.3, 0.4) is 0 Å². The quantitative estimate of drug-likeness (QED) is 0.0336. The van der Waals surface area contributed by atoms with Crippen molar-refractivity contribution in [2.24, 2.45) is 0 Å². The molecule has 2 N–H and O–H groups in total. The van der Waals surface area contributed by atoms with Gasteiger partial charge in [0.2, 0.25) is 0 Å². The van der Waals surface area contributed by atoms with E-state index in [1.807, 2.05) is 42.5 Å². The number of benzene rings is 5. The number of aliphatic carboxylic acids is 1. The minimum absolute atomic E-state index is 0. The second kappa shape index (κ2) is 35.4. The van der Waals surface area contributed by atoms with Crippen LogP contribution in [0.25, 0.3) is 34.0 Å². The number of ether oxygens (including phenoxy) is 4. The van der Waals surface area contributed by atoms with Crippen molar-refractivity contribution in [1.29, 1.82) is 0 Å². The summed E-state index contributed by atoms with van der Waals surface area (Å²) in [5.41, 5.74) is 4.40. The van der Waals surface area contributed by atoms with E-state index in [0.29, 0.717) is 77.6 Å². The Labute approximate surface area is 564 Å². The van der Waals surface area contributed by atoms with E-state index >= 15 is 0 Å². The predicted octanol–water partition coefficient (Wildman–Crippen LogP) is 12.9. The fourth-order valence-electron chi connectivity index (χ4n) is 9.94. The molecule has 0 aliphatic carbocycles. The van der Waals surface area contributed by atoms with Crippen LogP contribution in [0.4, 0.5) is 39.5 Å². The summed E-state index contributed by atoms with van der Waals surface area (Å²) in [6.07, 6.45) is -6.11. The second-order valence-corrected chi connectivity index (χ2v) is 21.1. The van der Waals surface area contributed by atoms with Crippen LogP contribution in [-0.4, -0.2) is 97.3 Å². The molecule has 1 saturated heterocycles. The van der Waals surface area contributed by atoms with Crippen molar-refractivity contribution in [2.45, 2.75) is 90.1 Å². The number of fused-ring (bicyclic) bond motifs is 2. The average molecular weight is 1410 g/mol. The monoisotopic (exact) mass is 1410 g/mol. The van der Waals surface area contributed by atoms with E-state index in [-0.39, 0.29) is 78.0 Å². The molecular weight excluding hydrogens is 1350 g/mol. The van der Waals surface area contributed by atoms with Crippen LogP contribution in [0.5, 0.6) is 11.5 Å². The maximum atomic E-state index is 12.8. The third-order valence-electron chi connectivity index (χ3n) is 14.6. The van der Waals surface area contributed by atoms with Crippen LogP contribution in [0, 0.1) is 0 Å². The topological polar surface area (TPSA) is 184 Å². The van der Waals surface area contributed by atoms with Gasteiger partial charge in [-0.1, -0.05) is 48.5 Å². The maximum Gasteiger partial charge on any atom is 1.00 e. The Morgan fingerprint density at radius 1 is 0.554 bits per heavy atom. The van der Waals surface area contributed by atoms with E-state index in [0.717, 1.165) is 112 Å². The molecule has 14 nitrogen and oxygen atoms in total. The standard InChI is InChI=1S/C26H26F3NO4.C24H22F3NO4.C12H7F3O2.C5H10O.HI.Na.H2O/c1-2-32-25(31)17-33-22-8-5-18-11-13-30(14-12-20(18)15-22)16-23-9-10-24(34-23)19-3-6-21(7-4-19)26(27,28)29;25-24(26,27)19-4-1-17(2-5-19)22-8-7-21(32-22)14-28-11-9-16-3-6-20(31-15-23(29)30)13-18(16)10-12-28;13-12(14,15)9-3-1-8(2-4-9)11-6-5-10(7-16)17-11;1-5-3-2-4-6-5;;;/h3-10,15H,2,11-14,16-17H2,1H3;1-8,13H,9-12,14-15H2,(H,29,30);1-7H;5H,2-4H2,1H3;1H;;1H2/q;;;;;+1;/p-1. The van der Waals surface area contributed by atoms with Gasteiger partial charge >= 0.3 is 60.0 Å². The third kappa shape index (κ3) is 23.0. The van der Waals surface area contributed by atoms with Crippen LogP contribution in [0.1, 0.15) is 87.7 Å². The summed E-state index contributed by atoms with van der Waals surface area (Å²) in [7, 11) is 0. The molecule has 3 aliphatic rings. The van der Waals surface area contributed by atoms with Crippen molar-refractivity contribution >= 4 is 42.2 Å². The summed E-state index contributed by atoms with van der Waals surface area (Å²) >= 11 is 0. The third-order valence-corrected chi connectivity index (χ3v) is 14.6.